The van der Waals surface area contributed by atoms with E-state index in [1.165, 1.54) is 25.9 Å². The number of phenolic OH excluding ortho intramolecular Hbond substituents is 2. The summed E-state index contributed by atoms with van der Waals surface area (Å²) in [4.78, 5) is 11.4. The van der Waals surface area contributed by atoms with Crippen molar-refractivity contribution in [3.8, 4) is 39.5 Å². The van der Waals surface area contributed by atoms with E-state index in [-0.39, 0.29) is 18.1 Å². The van der Waals surface area contributed by atoms with Gasteiger partial charge in [-0.1, -0.05) is 41.4 Å². The monoisotopic (exact) mass is 815 g/mol. The maximum absolute atomic E-state index is 9.80. The molecule has 4 aromatic carbocycles. The topological polar surface area (TPSA) is 158 Å². The highest BCUT2D eigenvalue weighted by atomic mass is 35.5. The van der Waals surface area contributed by atoms with Crippen molar-refractivity contribution in [1.82, 2.24) is 34.1 Å². The van der Waals surface area contributed by atoms with Gasteiger partial charge < -0.3 is 30.7 Å². The Balaban J connectivity index is 0.000000165. The second-order valence-electron chi connectivity index (χ2n) is 13.7. The van der Waals surface area contributed by atoms with Gasteiger partial charge in [0.05, 0.1) is 6.61 Å². The molecular weight excluding hydrogens is 777 g/mol. The Labute approximate surface area is 343 Å². The fourth-order valence-electron chi connectivity index (χ4n) is 6.57. The van der Waals surface area contributed by atoms with Gasteiger partial charge in [0.15, 0.2) is 11.3 Å². The third-order valence-corrected chi connectivity index (χ3v) is 10.2. The number of fused-ring (bicyclic) bond motifs is 2. The van der Waals surface area contributed by atoms with E-state index in [0.717, 1.165) is 51.5 Å². The molecule has 294 valence electrons. The van der Waals surface area contributed by atoms with Crippen molar-refractivity contribution < 1.29 is 20.1 Å². The number of nitrogens with one attached hydrogen (secondary N) is 2. The molecule has 0 amide bonds. The van der Waals surface area contributed by atoms with Gasteiger partial charge in [-0.05, 0) is 116 Å². The Bertz CT molecular complexity index is 2680. The summed E-state index contributed by atoms with van der Waals surface area (Å²) in [6.45, 7) is 3.98. The summed E-state index contributed by atoms with van der Waals surface area (Å²) in [5, 5.41) is 45.0. The fraction of sp³-hybridized carbons (Fsp3) is 0.163. The average molecular weight is 817 g/mol. The van der Waals surface area contributed by atoms with Crippen LogP contribution in [0.25, 0.3) is 33.5 Å². The van der Waals surface area contributed by atoms with Gasteiger partial charge in [0, 0.05) is 68.7 Å². The molecule has 0 radical (unpaired) electrons. The molecule has 9 rings (SSSR count). The summed E-state index contributed by atoms with van der Waals surface area (Å²) in [6.07, 6.45) is 6.22. The number of likely N-dealkylation sites (tertiary alicyclic amines) is 1. The summed E-state index contributed by atoms with van der Waals surface area (Å²) in [7, 11) is 0. The van der Waals surface area contributed by atoms with Gasteiger partial charge in [-0.2, -0.15) is 9.97 Å². The van der Waals surface area contributed by atoms with Crippen LogP contribution in [0.4, 0.5) is 23.3 Å². The van der Waals surface area contributed by atoms with Crippen LogP contribution in [0.3, 0.4) is 0 Å². The lowest BCUT2D eigenvalue weighted by molar-refractivity contribution is 0.238. The number of hydrogen-bond donors (Lipinski definition) is 5. The molecule has 0 atom stereocenters. The molecule has 5 heterocycles. The molecule has 4 aromatic heterocycles. The second kappa shape index (κ2) is 17.4. The largest absolute Gasteiger partial charge is 0.508 e. The van der Waals surface area contributed by atoms with Crippen molar-refractivity contribution in [2.75, 3.05) is 36.9 Å². The van der Waals surface area contributed by atoms with Crippen molar-refractivity contribution in [1.29, 1.82) is 0 Å². The minimum absolute atomic E-state index is 0.00721. The van der Waals surface area contributed by atoms with Crippen LogP contribution in [-0.4, -0.2) is 75.7 Å². The number of aromatic nitrogens is 6. The van der Waals surface area contributed by atoms with E-state index < -0.39 is 0 Å². The minimum atomic E-state index is 0.00721. The van der Waals surface area contributed by atoms with Crippen LogP contribution in [-0.2, 0) is 6.61 Å². The predicted octanol–water partition coefficient (Wildman–Crippen LogP) is 8.96. The smallest absolute Gasteiger partial charge is 0.247 e. The lowest BCUT2D eigenvalue weighted by Gasteiger charge is -2.15. The lowest BCUT2D eigenvalue weighted by atomic mass is 10.1. The number of rotatable bonds is 11. The Kier molecular flexibility index (Phi) is 11.6. The number of nitrogens with zero attached hydrogens (tertiary/aromatic N) is 7. The zero-order valence-electron chi connectivity index (χ0n) is 31.1. The van der Waals surface area contributed by atoms with Crippen LogP contribution in [0.1, 0.15) is 18.4 Å². The van der Waals surface area contributed by atoms with E-state index in [9.17, 15) is 10.2 Å². The second-order valence-corrected chi connectivity index (χ2v) is 14.5. The molecule has 0 unspecified atom stereocenters. The Hall–Kier alpha value is -6.38. The standard InChI is InChI=1S/C24H24ClN5O2.C19H15ClN4O2/c25-22-8-7-19(31)15-21(22)17-6-9-23-27-24(28-30(23)16-17)26-18-4-3-5-20(14-18)32-13-12-29-10-1-2-11-29;20-17-7-6-15(26)9-16(17)13-3-8-18-22-19(23-24(18)10-13)21-14-4-1-12(11-25)2-5-14/h3-9,14-16,31H,1-2,10-13H2,(H,26,28);1-10,25-26H,11H2,(H,21,23). The Morgan fingerprint density at radius 1 is 0.638 bits per heavy atom. The van der Waals surface area contributed by atoms with Gasteiger partial charge in [-0.15, -0.1) is 10.2 Å². The molecule has 0 spiro atoms. The third-order valence-electron chi connectivity index (χ3n) is 9.54. The first-order chi connectivity index (χ1) is 28.3. The molecule has 1 aliphatic rings. The van der Waals surface area contributed by atoms with Gasteiger partial charge >= 0.3 is 0 Å². The first-order valence-corrected chi connectivity index (χ1v) is 19.4. The SMILES string of the molecule is OCc1ccc(Nc2nc3ccc(-c4cc(O)ccc4Cl)cn3n2)cc1.Oc1ccc(Cl)c(-c2ccc3nc(Nc4cccc(OCCN5CCCC5)c4)nn3c2)c1. The number of aromatic hydroxyl groups is 2. The summed E-state index contributed by atoms with van der Waals surface area (Å²) in [5.41, 5.74) is 7.02. The number of phenols is 2. The molecule has 1 aliphatic heterocycles. The number of anilines is 4. The third kappa shape index (κ3) is 9.25. The van der Waals surface area contributed by atoms with Crippen molar-refractivity contribution in [3.05, 3.63) is 137 Å². The molecule has 1 saturated heterocycles. The zero-order chi connectivity index (χ0) is 40.0. The van der Waals surface area contributed by atoms with E-state index >= 15 is 0 Å². The summed E-state index contributed by atoms with van der Waals surface area (Å²) >= 11 is 12.5. The van der Waals surface area contributed by atoms with Crippen LogP contribution < -0.4 is 15.4 Å². The van der Waals surface area contributed by atoms with E-state index in [1.807, 2.05) is 85.2 Å². The van der Waals surface area contributed by atoms with Gasteiger partial charge in [-0.3, -0.25) is 4.90 Å². The van der Waals surface area contributed by atoms with Crippen LogP contribution in [0.15, 0.2) is 122 Å². The highest BCUT2D eigenvalue weighted by Crippen LogP contribution is 2.33. The van der Waals surface area contributed by atoms with Gasteiger partial charge in [0.25, 0.3) is 0 Å². The molecule has 13 nitrogen and oxygen atoms in total. The van der Waals surface area contributed by atoms with Gasteiger partial charge in [0.2, 0.25) is 11.9 Å². The number of pyridine rings is 2. The maximum Gasteiger partial charge on any atom is 0.247 e. The first kappa shape index (κ1) is 38.5. The van der Waals surface area contributed by atoms with Crippen molar-refractivity contribution in [2.24, 2.45) is 0 Å². The van der Waals surface area contributed by atoms with Crippen LogP contribution in [0.5, 0.6) is 17.2 Å². The van der Waals surface area contributed by atoms with Crippen LogP contribution >= 0.6 is 23.2 Å². The zero-order valence-corrected chi connectivity index (χ0v) is 32.6. The Morgan fingerprint density at radius 2 is 1.21 bits per heavy atom. The van der Waals surface area contributed by atoms with E-state index in [0.29, 0.717) is 39.8 Å². The minimum Gasteiger partial charge on any atom is -0.508 e. The summed E-state index contributed by atoms with van der Waals surface area (Å²) < 4.78 is 9.27. The van der Waals surface area contributed by atoms with Gasteiger partial charge in [0.1, 0.15) is 23.9 Å². The van der Waals surface area contributed by atoms with E-state index in [2.05, 4.69) is 35.7 Å². The molecule has 0 saturated carbocycles. The van der Waals surface area contributed by atoms with Crippen molar-refractivity contribution >= 4 is 57.8 Å². The lowest BCUT2D eigenvalue weighted by Crippen LogP contribution is -2.25. The normalized spacial score (nSPS) is 12.7. The predicted molar refractivity (Wildman–Crippen MR) is 227 cm³/mol. The molecule has 58 heavy (non-hydrogen) atoms. The number of benzene rings is 4. The van der Waals surface area contributed by atoms with Crippen LogP contribution in [0, 0.1) is 0 Å². The highest BCUT2D eigenvalue weighted by Gasteiger charge is 2.13. The molecular formula is C43H39Cl2N9O4. The Morgan fingerprint density at radius 3 is 1.78 bits per heavy atom. The number of aliphatic hydroxyl groups is 1. The van der Waals surface area contributed by atoms with Crippen LogP contribution in [0.2, 0.25) is 10.0 Å². The summed E-state index contributed by atoms with van der Waals surface area (Å²) in [6, 6.07) is 32.4. The molecule has 0 bridgehead atoms. The molecule has 5 N–H and O–H groups in total. The molecule has 15 heteroatoms. The van der Waals surface area contributed by atoms with Crippen molar-refractivity contribution in [2.45, 2.75) is 19.4 Å². The van der Waals surface area contributed by atoms with E-state index in [4.69, 9.17) is 33.0 Å². The number of halogens is 2. The fourth-order valence-corrected chi connectivity index (χ4v) is 7.03. The van der Waals surface area contributed by atoms with E-state index in [1.54, 1.807) is 45.4 Å². The van der Waals surface area contributed by atoms with Crippen molar-refractivity contribution in [3.63, 3.8) is 0 Å². The molecule has 0 aliphatic carbocycles. The highest BCUT2D eigenvalue weighted by molar-refractivity contribution is 6.33. The maximum atomic E-state index is 9.80. The average Bonchev–Trinajstić information content (AvgIpc) is 4.00. The summed E-state index contributed by atoms with van der Waals surface area (Å²) in [5.74, 6) is 2.07. The molecule has 1 fully saturated rings. The quantitative estimate of drug-likeness (QED) is 0.0849. The number of ether oxygens (including phenoxy) is 1. The number of aliphatic hydroxyl groups excluding tert-OH is 1. The number of hydrogen-bond acceptors (Lipinski definition) is 11. The molecule has 8 aromatic rings. The van der Waals surface area contributed by atoms with Gasteiger partial charge in [-0.25, -0.2) is 9.03 Å². The first-order valence-electron chi connectivity index (χ1n) is 18.7.